The van der Waals surface area contributed by atoms with Crippen molar-refractivity contribution in [1.82, 2.24) is 5.32 Å². The molecule has 0 bridgehead atoms. The zero-order valence-corrected chi connectivity index (χ0v) is 11.7. The van der Waals surface area contributed by atoms with Crippen LogP contribution in [0.1, 0.15) is 5.56 Å². The van der Waals surface area contributed by atoms with Gasteiger partial charge in [0.15, 0.2) is 11.8 Å². The lowest BCUT2D eigenvalue weighted by Crippen LogP contribution is -2.25. The molecular weight excluding hydrogens is 280 g/mol. The molecular formula is C13H14N2O4S. The highest BCUT2D eigenvalue weighted by Gasteiger charge is 2.29. The van der Waals surface area contributed by atoms with Crippen molar-refractivity contribution in [3.05, 3.63) is 29.8 Å². The van der Waals surface area contributed by atoms with Crippen LogP contribution >= 0.6 is 11.8 Å². The Morgan fingerprint density at radius 3 is 2.65 bits per heavy atom. The molecule has 1 aromatic carbocycles. The molecule has 6 nitrogen and oxygen atoms in total. The third-order valence-electron chi connectivity index (χ3n) is 2.72. The van der Waals surface area contributed by atoms with Gasteiger partial charge >= 0.3 is 5.97 Å². The molecule has 1 aliphatic rings. The summed E-state index contributed by atoms with van der Waals surface area (Å²) in [5.74, 6) is -0.00643. The average molecular weight is 294 g/mol. The number of hydrogen-bond donors (Lipinski definition) is 2. The smallest absolute Gasteiger partial charge is 0.343 e. The third-order valence-corrected chi connectivity index (χ3v) is 3.72. The van der Waals surface area contributed by atoms with Gasteiger partial charge in [0.1, 0.15) is 5.75 Å². The minimum atomic E-state index is -0.438. The molecule has 0 saturated carbocycles. The van der Waals surface area contributed by atoms with Gasteiger partial charge in [0.25, 0.3) is 0 Å². The molecule has 1 amide bonds. The zero-order valence-electron chi connectivity index (χ0n) is 10.8. The van der Waals surface area contributed by atoms with E-state index in [0.717, 1.165) is 5.56 Å². The summed E-state index contributed by atoms with van der Waals surface area (Å²) in [4.78, 5) is 22.5. The quantitative estimate of drug-likeness (QED) is 0.789. The maximum atomic E-state index is 11.5. The highest BCUT2D eigenvalue weighted by atomic mass is 32.2. The standard InChI is InChI=1S/C13H14N2O4S/c1-18-11(16)7-19-9-4-2-8(3-5-9)6-10-12(17)15-13(14)20-10/h2-5,10H,6-7H2,1H3,(H2,14,15,17). The van der Waals surface area contributed by atoms with Crippen molar-refractivity contribution in [3.8, 4) is 5.75 Å². The second-order valence-electron chi connectivity index (χ2n) is 4.14. The first kappa shape index (κ1) is 14.4. The van der Waals surface area contributed by atoms with Crippen LogP contribution in [0.2, 0.25) is 0 Å². The zero-order chi connectivity index (χ0) is 14.5. The van der Waals surface area contributed by atoms with Crippen LogP contribution in [0.25, 0.3) is 0 Å². The fourth-order valence-corrected chi connectivity index (χ4v) is 2.57. The molecule has 0 spiro atoms. The van der Waals surface area contributed by atoms with Crippen LogP contribution in [-0.4, -0.2) is 36.0 Å². The van der Waals surface area contributed by atoms with Gasteiger partial charge in [0.05, 0.1) is 12.4 Å². The molecule has 1 heterocycles. The minimum Gasteiger partial charge on any atom is -0.482 e. The molecule has 2 rings (SSSR count). The minimum absolute atomic E-state index is 0.131. The van der Waals surface area contributed by atoms with Crippen molar-refractivity contribution in [2.24, 2.45) is 0 Å². The summed E-state index contributed by atoms with van der Waals surface area (Å²) in [6.45, 7) is -0.131. The van der Waals surface area contributed by atoms with Gasteiger partial charge < -0.3 is 14.8 Å². The van der Waals surface area contributed by atoms with Gasteiger partial charge in [-0.05, 0) is 24.1 Å². The lowest BCUT2D eigenvalue weighted by Gasteiger charge is -2.08. The van der Waals surface area contributed by atoms with Gasteiger partial charge in [0, 0.05) is 0 Å². The first-order valence-corrected chi connectivity index (χ1v) is 6.81. The Balaban J connectivity index is 1.90. The Morgan fingerprint density at radius 2 is 2.10 bits per heavy atom. The number of nitrogens with one attached hydrogen (secondary N) is 2. The predicted molar refractivity (Wildman–Crippen MR) is 74.9 cm³/mol. The van der Waals surface area contributed by atoms with E-state index in [1.54, 1.807) is 12.1 Å². The van der Waals surface area contributed by atoms with Gasteiger partial charge in [-0.15, -0.1) is 0 Å². The highest BCUT2D eigenvalue weighted by Crippen LogP contribution is 2.23. The lowest BCUT2D eigenvalue weighted by molar-refractivity contribution is -0.142. The highest BCUT2D eigenvalue weighted by molar-refractivity contribution is 8.15. The largest absolute Gasteiger partial charge is 0.482 e. The van der Waals surface area contributed by atoms with Crippen LogP contribution < -0.4 is 10.1 Å². The van der Waals surface area contributed by atoms with Crippen LogP contribution in [0.3, 0.4) is 0 Å². The van der Waals surface area contributed by atoms with Crippen molar-refractivity contribution in [3.63, 3.8) is 0 Å². The van der Waals surface area contributed by atoms with Gasteiger partial charge in [-0.25, -0.2) is 4.79 Å². The molecule has 1 aliphatic heterocycles. The molecule has 7 heteroatoms. The summed E-state index contributed by atoms with van der Waals surface area (Å²) in [5.41, 5.74) is 0.970. The molecule has 1 saturated heterocycles. The van der Waals surface area contributed by atoms with Crippen LogP contribution in [0, 0.1) is 5.41 Å². The first-order chi connectivity index (χ1) is 9.58. The van der Waals surface area contributed by atoms with Crippen molar-refractivity contribution >= 4 is 28.8 Å². The molecule has 20 heavy (non-hydrogen) atoms. The van der Waals surface area contributed by atoms with E-state index >= 15 is 0 Å². The molecule has 0 aromatic heterocycles. The Kier molecular flexibility index (Phi) is 4.62. The summed E-state index contributed by atoms with van der Waals surface area (Å²) in [7, 11) is 1.30. The topological polar surface area (TPSA) is 88.5 Å². The molecule has 2 N–H and O–H groups in total. The first-order valence-electron chi connectivity index (χ1n) is 5.93. The second-order valence-corrected chi connectivity index (χ2v) is 5.35. The molecule has 1 aromatic rings. The Morgan fingerprint density at radius 1 is 1.40 bits per heavy atom. The summed E-state index contributed by atoms with van der Waals surface area (Å²) in [5, 5.41) is 9.79. The Bertz CT molecular complexity index is 530. The maximum Gasteiger partial charge on any atom is 0.343 e. The number of rotatable bonds is 5. The van der Waals surface area contributed by atoms with E-state index in [9.17, 15) is 9.59 Å². The number of amidine groups is 1. The third kappa shape index (κ3) is 3.74. The molecule has 1 fully saturated rings. The van der Waals surface area contributed by atoms with Gasteiger partial charge in [-0.1, -0.05) is 23.9 Å². The van der Waals surface area contributed by atoms with E-state index in [1.807, 2.05) is 12.1 Å². The van der Waals surface area contributed by atoms with Gasteiger partial charge in [-0.2, -0.15) is 0 Å². The summed E-state index contributed by atoms with van der Waals surface area (Å²) < 4.78 is 9.70. The fraction of sp³-hybridized carbons (Fsp3) is 0.308. The lowest BCUT2D eigenvalue weighted by atomic mass is 10.1. The number of methoxy groups -OCH3 is 1. The van der Waals surface area contributed by atoms with Crippen molar-refractivity contribution in [1.29, 1.82) is 5.41 Å². The number of ether oxygens (including phenoxy) is 2. The SMILES string of the molecule is COC(=O)COc1ccc(CC2SC(=N)NC2=O)cc1. The molecule has 1 unspecified atom stereocenters. The van der Waals surface area contributed by atoms with E-state index in [-0.39, 0.29) is 22.9 Å². The summed E-state index contributed by atoms with van der Waals surface area (Å²) >= 11 is 1.22. The van der Waals surface area contributed by atoms with Gasteiger partial charge in [0.2, 0.25) is 5.91 Å². The number of carbonyl (C=O) groups is 2. The monoisotopic (exact) mass is 294 g/mol. The number of hydrogen-bond acceptors (Lipinski definition) is 6. The van der Waals surface area contributed by atoms with Gasteiger partial charge in [-0.3, -0.25) is 10.2 Å². The molecule has 1 atom stereocenters. The number of thioether (sulfide) groups is 1. The van der Waals surface area contributed by atoms with E-state index < -0.39 is 5.97 Å². The van der Waals surface area contributed by atoms with E-state index in [0.29, 0.717) is 12.2 Å². The molecule has 0 aliphatic carbocycles. The predicted octanol–water partition coefficient (Wildman–Crippen LogP) is 0.947. The van der Waals surface area contributed by atoms with Crippen LogP contribution in [-0.2, 0) is 20.7 Å². The van der Waals surface area contributed by atoms with Crippen molar-refractivity contribution in [2.75, 3.05) is 13.7 Å². The van der Waals surface area contributed by atoms with E-state index in [1.165, 1.54) is 18.9 Å². The van der Waals surface area contributed by atoms with Crippen LogP contribution in [0.15, 0.2) is 24.3 Å². The fourth-order valence-electron chi connectivity index (χ4n) is 1.69. The second kappa shape index (κ2) is 6.42. The number of esters is 1. The van der Waals surface area contributed by atoms with Crippen LogP contribution in [0.4, 0.5) is 0 Å². The molecule has 106 valence electrons. The summed E-state index contributed by atoms with van der Waals surface area (Å²) in [6.07, 6.45) is 0.552. The number of amides is 1. The van der Waals surface area contributed by atoms with E-state index in [2.05, 4.69) is 10.1 Å². The van der Waals surface area contributed by atoms with Crippen molar-refractivity contribution in [2.45, 2.75) is 11.7 Å². The van der Waals surface area contributed by atoms with E-state index in [4.69, 9.17) is 10.1 Å². The normalized spacial score (nSPS) is 17.8. The number of benzene rings is 1. The molecule has 0 radical (unpaired) electrons. The van der Waals surface area contributed by atoms with Crippen molar-refractivity contribution < 1.29 is 19.1 Å². The Hall–Kier alpha value is -2.02. The average Bonchev–Trinajstić information content (AvgIpc) is 2.75. The maximum absolute atomic E-state index is 11.5. The summed E-state index contributed by atoms with van der Waals surface area (Å²) in [6, 6.07) is 7.15. The Labute approximate surface area is 120 Å². The number of carbonyl (C=O) groups excluding carboxylic acids is 2. The van der Waals surface area contributed by atoms with Crippen LogP contribution in [0.5, 0.6) is 5.75 Å².